The maximum Gasteiger partial charge on any atom is 0.306 e. The van der Waals surface area contributed by atoms with Crippen LogP contribution in [-0.4, -0.2) is 37.2 Å². The molecule has 1 unspecified atom stereocenters. The smallest absolute Gasteiger partial charge is 0.306 e. The summed E-state index contributed by atoms with van der Waals surface area (Å²) in [5.74, 6) is -0.910. The molecule has 0 fully saturated rings. The van der Waals surface area contributed by atoms with E-state index in [9.17, 15) is 14.4 Å². The second-order valence-electron chi connectivity index (χ2n) is 14.6. The zero-order valence-electron chi connectivity index (χ0n) is 34.3. The van der Waals surface area contributed by atoms with E-state index in [-0.39, 0.29) is 31.1 Å². The van der Waals surface area contributed by atoms with Crippen molar-refractivity contribution in [2.24, 2.45) is 0 Å². The van der Waals surface area contributed by atoms with Gasteiger partial charge in [0.25, 0.3) is 0 Å². The van der Waals surface area contributed by atoms with Crippen molar-refractivity contribution in [2.45, 2.75) is 226 Å². The van der Waals surface area contributed by atoms with Gasteiger partial charge in [-0.15, -0.1) is 0 Å². The van der Waals surface area contributed by atoms with Gasteiger partial charge in [0.1, 0.15) is 13.2 Å². The zero-order chi connectivity index (χ0) is 38.0. The molecule has 6 nitrogen and oxygen atoms in total. The Kier molecular flexibility index (Phi) is 39.5. The van der Waals surface area contributed by atoms with Crippen molar-refractivity contribution < 1.29 is 28.6 Å². The molecule has 0 bridgehead atoms. The van der Waals surface area contributed by atoms with E-state index in [0.717, 1.165) is 89.9 Å². The quantitative estimate of drug-likeness (QED) is 0.0271. The van der Waals surface area contributed by atoms with E-state index in [1.54, 1.807) is 0 Å². The minimum absolute atomic E-state index is 0.0793. The highest BCUT2D eigenvalue weighted by atomic mass is 16.6. The molecule has 0 aliphatic carbocycles. The van der Waals surface area contributed by atoms with Gasteiger partial charge in [-0.3, -0.25) is 14.4 Å². The Morgan fingerprint density at radius 1 is 0.385 bits per heavy atom. The SMILES string of the molecule is CCCC/C=C\C/C=C\CCCCCCCC(=O)OCC(COC(=O)CCCCCCCCC)OC(=O)CCCCCCC/C=C\CCCCCC. The molecule has 0 aliphatic rings. The van der Waals surface area contributed by atoms with Gasteiger partial charge in [-0.2, -0.15) is 0 Å². The zero-order valence-corrected chi connectivity index (χ0v) is 34.3. The summed E-state index contributed by atoms with van der Waals surface area (Å²) in [5, 5.41) is 0. The van der Waals surface area contributed by atoms with Gasteiger partial charge in [-0.25, -0.2) is 0 Å². The average molecular weight is 731 g/mol. The van der Waals surface area contributed by atoms with Gasteiger partial charge in [0.15, 0.2) is 6.10 Å². The molecule has 52 heavy (non-hydrogen) atoms. The molecule has 0 spiro atoms. The Hall–Kier alpha value is -2.37. The molecule has 0 amide bonds. The van der Waals surface area contributed by atoms with Gasteiger partial charge in [-0.1, -0.05) is 166 Å². The van der Waals surface area contributed by atoms with Gasteiger partial charge in [-0.05, 0) is 70.6 Å². The lowest BCUT2D eigenvalue weighted by Crippen LogP contribution is -2.30. The molecule has 0 aromatic carbocycles. The Balaban J connectivity index is 4.35. The third kappa shape index (κ3) is 38.9. The maximum atomic E-state index is 12.7. The van der Waals surface area contributed by atoms with Gasteiger partial charge in [0.2, 0.25) is 0 Å². The van der Waals surface area contributed by atoms with E-state index in [1.165, 1.54) is 89.9 Å². The minimum Gasteiger partial charge on any atom is -0.462 e. The van der Waals surface area contributed by atoms with Crippen molar-refractivity contribution in [3.05, 3.63) is 36.5 Å². The van der Waals surface area contributed by atoms with E-state index in [4.69, 9.17) is 14.2 Å². The van der Waals surface area contributed by atoms with Crippen LogP contribution in [0.2, 0.25) is 0 Å². The second kappa shape index (κ2) is 41.4. The predicted molar refractivity (Wildman–Crippen MR) is 219 cm³/mol. The Morgan fingerprint density at radius 3 is 1.15 bits per heavy atom. The van der Waals surface area contributed by atoms with Crippen LogP contribution in [0, 0.1) is 0 Å². The fourth-order valence-electron chi connectivity index (χ4n) is 5.98. The highest BCUT2D eigenvalue weighted by Gasteiger charge is 2.19. The largest absolute Gasteiger partial charge is 0.462 e. The van der Waals surface area contributed by atoms with Crippen LogP contribution in [0.3, 0.4) is 0 Å². The molecule has 302 valence electrons. The molecule has 0 aromatic heterocycles. The summed E-state index contributed by atoms with van der Waals surface area (Å²) in [6.45, 7) is 6.51. The number of carbonyl (C=O) groups is 3. The molecule has 6 heteroatoms. The van der Waals surface area contributed by atoms with Crippen LogP contribution in [0.15, 0.2) is 36.5 Å². The lowest BCUT2D eigenvalue weighted by atomic mass is 10.1. The molecule has 0 heterocycles. The van der Waals surface area contributed by atoms with E-state index < -0.39 is 6.10 Å². The van der Waals surface area contributed by atoms with Gasteiger partial charge < -0.3 is 14.2 Å². The van der Waals surface area contributed by atoms with Crippen LogP contribution in [0.1, 0.15) is 220 Å². The van der Waals surface area contributed by atoms with E-state index in [2.05, 4.69) is 57.2 Å². The number of rotatable bonds is 39. The van der Waals surface area contributed by atoms with E-state index in [1.807, 2.05) is 0 Å². The normalized spacial score (nSPS) is 12.3. The van der Waals surface area contributed by atoms with Crippen molar-refractivity contribution in [1.29, 1.82) is 0 Å². The van der Waals surface area contributed by atoms with Crippen molar-refractivity contribution in [1.82, 2.24) is 0 Å². The number of carbonyl (C=O) groups excluding carboxylic acids is 3. The first-order valence-corrected chi connectivity index (χ1v) is 22.0. The highest BCUT2D eigenvalue weighted by Crippen LogP contribution is 2.13. The molecular formula is C46H82O6. The number of esters is 3. The summed E-state index contributed by atoms with van der Waals surface area (Å²) in [6, 6.07) is 0. The summed E-state index contributed by atoms with van der Waals surface area (Å²) in [4.78, 5) is 37.5. The van der Waals surface area contributed by atoms with E-state index >= 15 is 0 Å². The Labute approximate surface area is 321 Å². The predicted octanol–water partition coefficient (Wildman–Crippen LogP) is 13.8. The van der Waals surface area contributed by atoms with Gasteiger partial charge in [0, 0.05) is 19.3 Å². The highest BCUT2D eigenvalue weighted by molar-refractivity contribution is 5.71. The standard InChI is InChI=1S/C46H82O6/c1-4-7-10-13-16-18-20-22-24-25-27-30-33-36-39-45(48)51-42-43(41-50-44(47)38-35-32-29-15-12-9-6-3)52-46(49)40-37-34-31-28-26-23-21-19-17-14-11-8-5-2/h13,16,19-22,43H,4-12,14-15,17-18,23-42H2,1-3H3/b16-13-,21-19-,22-20-. The van der Waals surface area contributed by atoms with Gasteiger partial charge in [0.05, 0.1) is 0 Å². The molecule has 0 aromatic rings. The summed E-state index contributed by atoms with van der Waals surface area (Å²) in [7, 11) is 0. The molecule has 0 aliphatic heterocycles. The fourth-order valence-corrected chi connectivity index (χ4v) is 5.98. The van der Waals surface area contributed by atoms with Crippen molar-refractivity contribution in [3.63, 3.8) is 0 Å². The number of hydrogen-bond donors (Lipinski definition) is 0. The van der Waals surface area contributed by atoms with Crippen LogP contribution >= 0.6 is 0 Å². The maximum absolute atomic E-state index is 12.7. The third-order valence-corrected chi connectivity index (χ3v) is 9.37. The number of unbranched alkanes of at least 4 members (excludes halogenated alkanes) is 22. The van der Waals surface area contributed by atoms with Crippen molar-refractivity contribution in [2.75, 3.05) is 13.2 Å². The van der Waals surface area contributed by atoms with Gasteiger partial charge >= 0.3 is 17.9 Å². The number of ether oxygens (including phenoxy) is 3. The Morgan fingerprint density at radius 2 is 0.712 bits per heavy atom. The van der Waals surface area contributed by atoms with Crippen LogP contribution < -0.4 is 0 Å². The monoisotopic (exact) mass is 731 g/mol. The molecular weight excluding hydrogens is 648 g/mol. The second-order valence-corrected chi connectivity index (χ2v) is 14.6. The van der Waals surface area contributed by atoms with Crippen LogP contribution in [0.25, 0.3) is 0 Å². The molecule has 0 saturated carbocycles. The first-order valence-electron chi connectivity index (χ1n) is 22.0. The molecule has 0 N–H and O–H groups in total. The van der Waals surface area contributed by atoms with E-state index in [0.29, 0.717) is 19.3 Å². The Bertz CT molecular complexity index is 891. The van der Waals surface area contributed by atoms with Crippen LogP contribution in [0.4, 0.5) is 0 Å². The fraction of sp³-hybridized carbons (Fsp3) is 0.804. The first kappa shape index (κ1) is 49.6. The lowest BCUT2D eigenvalue weighted by molar-refractivity contribution is -0.167. The molecule has 0 radical (unpaired) electrons. The summed E-state index contributed by atoms with van der Waals surface area (Å²) < 4.78 is 16.6. The molecule has 0 saturated heterocycles. The molecule has 0 rings (SSSR count). The summed E-state index contributed by atoms with van der Waals surface area (Å²) in [6.07, 6.45) is 45.6. The number of hydrogen-bond acceptors (Lipinski definition) is 6. The molecule has 1 atom stereocenters. The van der Waals surface area contributed by atoms with Crippen LogP contribution in [-0.2, 0) is 28.6 Å². The number of allylic oxidation sites excluding steroid dienone is 6. The minimum atomic E-state index is -0.775. The summed E-state index contributed by atoms with van der Waals surface area (Å²) in [5.41, 5.74) is 0. The first-order chi connectivity index (χ1) is 25.5. The topological polar surface area (TPSA) is 78.9 Å². The lowest BCUT2D eigenvalue weighted by Gasteiger charge is -2.18. The van der Waals surface area contributed by atoms with Crippen molar-refractivity contribution in [3.8, 4) is 0 Å². The average Bonchev–Trinajstić information content (AvgIpc) is 3.14. The van der Waals surface area contributed by atoms with Crippen molar-refractivity contribution >= 4 is 17.9 Å². The third-order valence-electron chi connectivity index (χ3n) is 9.37. The summed E-state index contributed by atoms with van der Waals surface area (Å²) >= 11 is 0. The van der Waals surface area contributed by atoms with Crippen LogP contribution in [0.5, 0.6) is 0 Å².